The van der Waals surface area contributed by atoms with Crippen LogP contribution in [-0.2, 0) is 4.79 Å². The zero-order valence-corrected chi connectivity index (χ0v) is 9.37. The molecule has 0 aromatic heterocycles. The zero-order valence-electron chi connectivity index (χ0n) is 9.37. The van der Waals surface area contributed by atoms with Gasteiger partial charge in [-0.1, -0.05) is 24.3 Å². The third-order valence-electron chi connectivity index (χ3n) is 2.53. The number of carbonyl (C=O) groups excluding carboxylic acids is 1. The standard InChI is InChI=1S/C14H20O/c1-5-9-13(15)14(10-6-2,11-7-3)12-8-4/h5-8H,1-4,9-12H2. The molecule has 0 unspecified atom stereocenters. The normalized spacial score (nSPS) is 10.4. The molecule has 82 valence electrons. The molecule has 0 amide bonds. The lowest BCUT2D eigenvalue weighted by Crippen LogP contribution is -2.29. The van der Waals surface area contributed by atoms with Gasteiger partial charge in [0, 0.05) is 11.8 Å². The van der Waals surface area contributed by atoms with Gasteiger partial charge in [0.05, 0.1) is 0 Å². The molecule has 0 fully saturated rings. The van der Waals surface area contributed by atoms with Crippen molar-refractivity contribution in [3.8, 4) is 0 Å². The van der Waals surface area contributed by atoms with Crippen molar-refractivity contribution in [1.82, 2.24) is 0 Å². The fourth-order valence-corrected chi connectivity index (χ4v) is 1.77. The summed E-state index contributed by atoms with van der Waals surface area (Å²) in [7, 11) is 0. The molecule has 0 heterocycles. The van der Waals surface area contributed by atoms with Crippen LogP contribution < -0.4 is 0 Å². The number of allylic oxidation sites excluding steroid dienone is 4. The van der Waals surface area contributed by atoms with Gasteiger partial charge < -0.3 is 0 Å². The molecule has 0 aromatic rings. The first-order valence-corrected chi connectivity index (χ1v) is 5.13. The van der Waals surface area contributed by atoms with Crippen LogP contribution >= 0.6 is 0 Å². The molecule has 0 saturated heterocycles. The third-order valence-corrected chi connectivity index (χ3v) is 2.53. The topological polar surface area (TPSA) is 17.1 Å². The lowest BCUT2D eigenvalue weighted by molar-refractivity contribution is -0.127. The maximum absolute atomic E-state index is 12.0. The Morgan fingerprint density at radius 1 is 0.867 bits per heavy atom. The molecule has 0 aliphatic carbocycles. The molecule has 0 aromatic carbocycles. The van der Waals surface area contributed by atoms with E-state index in [0.29, 0.717) is 25.7 Å². The fourth-order valence-electron chi connectivity index (χ4n) is 1.77. The third kappa shape index (κ3) is 3.70. The highest BCUT2D eigenvalue weighted by Crippen LogP contribution is 2.34. The summed E-state index contributed by atoms with van der Waals surface area (Å²) < 4.78 is 0. The Hall–Kier alpha value is -1.37. The van der Waals surface area contributed by atoms with E-state index >= 15 is 0 Å². The second-order valence-corrected chi connectivity index (χ2v) is 3.67. The van der Waals surface area contributed by atoms with E-state index in [1.165, 1.54) is 0 Å². The smallest absolute Gasteiger partial charge is 0.143 e. The van der Waals surface area contributed by atoms with Crippen molar-refractivity contribution in [3.63, 3.8) is 0 Å². The second-order valence-electron chi connectivity index (χ2n) is 3.67. The second kappa shape index (κ2) is 6.99. The molecule has 0 atom stereocenters. The predicted molar refractivity (Wildman–Crippen MR) is 66.7 cm³/mol. The van der Waals surface area contributed by atoms with E-state index in [-0.39, 0.29) is 5.78 Å². The van der Waals surface area contributed by atoms with E-state index in [1.54, 1.807) is 24.3 Å². The van der Waals surface area contributed by atoms with Gasteiger partial charge in [-0.25, -0.2) is 0 Å². The van der Waals surface area contributed by atoms with Crippen LogP contribution in [0, 0.1) is 5.41 Å². The maximum atomic E-state index is 12.0. The van der Waals surface area contributed by atoms with Crippen molar-refractivity contribution in [3.05, 3.63) is 50.6 Å². The van der Waals surface area contributed by atoms with Crippen LogP contribution in [0.15, 0.2) is 50.6 Å². The minimum atomic E-state index is -0.403. The molecule has 15 heavy (non-hydrogen) atoms. The predicted octanol–water partition coefficient (Wildman–Crippen LogP) is 3.85. The number of hydrogen-bond donors (Lipinski definition) is 0. The van der Waals surface area contributed by atoms with Crippen LogP contribution in [0.1, 0.15) is 25.7 Å². The van der Waals surface area contributed by atoms with E-state index in [4.69, 9.17) is 0 Å². The van der Waals surface area contributed by atoms with Crippen LogP contribution in [0.4, 0.5) is 0 Å². The number of ketones is 1. The lowest BCUT2D eigenvalue weighted by atomic mass is 9.73. The minimum absolute atomic E-state index is 0.192. The first kappa shape index (κ1) is 13.6. The first-order valence-electron chi connectivity index (χ1n) is 5.13. The summed E-state index contributed by atoms with van der Waals surface area (Å²) in [5.41, 5.74) is -0.403. The molecule has 0 spiro atoms. The minimum Gasteiger partial charge on any atom is -0.299 e. The summed E-state index contributed by atoms with van der Waals surface area (Å²) in [5, 5.41) is 0. The van der Waals surface area contributed by atoms with Crippen molar-refractivity contribution in [2.45, 2.75) is 25.7 Å². The Morgan fingerprint density at radius 2 is 1.27 bits per heavy atom. The highest BCUT2D eigenvalue weighted by Gasteiger charge is 2.33. The zero-order chi connectivity index (χ0) is 11.7. The lowest BCUT2D eigenvalue weighted by Gasteiger charge is -2.28. The van der Waals surface area contributed by atoms with Crippen LogP contribution in [0.2, 0.25) is 0 Å². The maximum Gasteiger partial charge on any atom is 0.143 e. The molecular weight excluding hydrogens is 184 g/mol. The van der Waals surface area contributed by atoms with Crippen molar-refractivity contribution >= 4 is 5.78 Å². The van der Waals surface area contributed by atoms with Gasteiger partial charge in [-0.15, -0.1) is 26.3 Å². The molecule has 1 nitrogen and oxygen atoms in total. The van der Waals surface area contributed by atoms with E-state index in [2.05, 4.69) is 26.3 Å². The molecule has 0 N–H and O–H groups in total. The highest BCUT2D eigenvalue weighted by molar-refractivity contribution is 5.86. The van der Waals surface area contributed by atoms with E-state index in [1.807, 2.05) is 0 Å². The highest BCUT2D eigenvalue weighted by atomic mass is 16.1. The summed E-state index contributed by atoms with van der Waals surface area (Å²) in [6.07, 6.45) is 9.39. The molecule has 0 bridgehead atoms. The summed E-state index contributed by atoms with van der Waals surface area (Å²) in [6, 6.07) is 0. The van der Waals surface area contributed by atoms with Gasteiger partial charge in [0.1, 0.15) is 5.78 Å². The summed E-state index contributed by atoms with van der Waals surface area (Å²) in [6.45, 7) is 14.7. The SMILES string of the molecule is C=CCC(=O)C(CC=C)(CC=C)CC=C. The average Bonchev–Trinajstić information content (AvgIpc) is 2.19. The van der Waals surface area contributed by atoms with Gasteiger partial charge in [0.2, 0.25) is 0 Å². The summed E-state index contributed by atoms with van der Waals surface area (Å²) >= 11 is 0. The number of Topliss-reactive ketones (excluding diaryl/α,β-unsaturated/α-hetero) is 1. The first-order chi connectivity index (χ1) is 7.16. The quantitative estimate of drug-likeness (QED) is 0.521. The van der Waals surface area contributed by atoms with Gasteiger partial charge in [0.25, 0.3) is 0 Å². The Balaban J connectivity index is 4.96. The Kier molecular flexibility index (Phi) is 6.35. The van der Waals surface area contributed by atoms with Crippen LogP contribution in [-0.4, -0.2) is 5.78 Å². The molecule has 0 rings (SSSR count). The van der Waals surface area contributed by atoms with E-state index < -0.39 is 5.41 Å². The van der Waals surface area contributed by atoms with Crippen molar-refractivity contribution in [2.75, 3.05) is 0 Å². The van der Waals surface area contributed by atoms with E-state index in [9.17, 15) is 4.79 Å². The molecular formula is C14H20O. The van der Waals surface area contributed by atoms with Crippen LogP contribution in [0.5, 0.6) is 0 Å². The fraction of sp³-hybridized carbons (Fsp3) is 0.357. The molecule has 0 aliphatic heterocycles. The van der Waals surface area contributed by atoms with Crippen molar-refractivity contribution < 1.29 is 4.79 Å². The number of rotatable bonds is 9. The van der Waals surface area contributed by atoms with Gasteiger partial charge >= 0.3 is 0 Å². The average molecular weight is 204 g/mol. The largest absolute Gasteiger partial charge is 0.299 e. The number of hydrogen-bond acceptors (Lipinski definition) is 1. The van der Waals surface area contributed by atoms with Crippen molar-refractivity contribution in [1.29, 1.82) is 0 Å². The van der Waals surface area contributed by atoms with Crippen molar-refractivity contribution in [2.24, 2.45) is 5.41 Å². The molecule has 0 radical (unpaired) electrons. The van der Waals surface area contributed by atoms with E-state index in [0.717, 1.165) is 0 Å². The van der Waals surface area contributed by atoms with Crippen LogP contribution in [0.3, 0.4) is 0 Å². The Morgan fingerprint density at radius 3 is 1.53 bits per heavy atom. The van der Waals surface area contributed by atoms with Gasteiger partial charge in [0.15, 0.2) is 0 Å². The Labute approximate surface area is 92.9 Å². The summed E-state index contributed by atoms with van der Waals surface area (Å²) in [5.74, 6) is 0.192. The number of carbonyl (C=O) groups is 1. The Bertz CT molecular complexity index is 234. The summed E-state index contributed by atoms with van der Waals surface area (Å²) in [4.78, 5) is 12.0. The van der Waals surface area contributed by atoms with Gasteiger partial charge in [-0.05, 0) is 19.3 Å². The molecule has 1 heteroatoms. The monoisotopic (exact) mass is 204 g/mol. The van der Waals surface area contributed by atoms with Gasteiger partial charge in [-0.3, -0.25) is 4.79 Å². The molecule has 0 aliphatic rings. The van der Waals surface area contributed by atoms with Crippen LogP contribution in [0.25, 0.3) is 0 Å². The van der Waals surface area contributed by atoms with Gasteiger partial charge in [-0.2, -0.15) is 0 Å². The molecule has 0 saturated carbocycles.